The molecular weight excluding hydrogens is 702 g/mol. The summed E-state index contributed by atoms with van der Waals surface area (Å²) in [5, 5.41) is 44.1. The topological polar surface area (TPSA) is 311 Å². The van der Waals surface area contributed by atoms with Gasteiger partial charge in [-0.1, -0.05) is 18.2 Å². The normalized spacial score (nSPS) is 27.9. The molecule has 1 aromatic heterocycles. The van der Waals surface area contributed by atoms with Crippen molar-refractivity contribution in [2.75, 3.05) is 18.8 Å². The minimum atomic E-state index is -1.63. The summed E-state index contributed by atoms with van der Waals surface area (Å²) in [4.78, 5) is 96.7. The zero-order valence-electron chi connectivity index (χ0n) is 28.8. The predicted octanol–water partition coefficient (Wildman–Crippen LogP) is -4.01. The molecule has 52 heavy (non-hydrogen) atoms. The van der Waals surface area contributed by atoms with Crippen LogP contribution >= 0.6 is 11.8 Å². The number of carboxylic acid groups (broad SMARTS) is 1. The number of carbonyl (C=O) groups is 7. The zero-order chi connectivity index (χ0) is 38.4. The zero-order valence-corrected chi connectivity index (χ0v) is 29.6. The number of para-hydroxylation sites is 1. The van der Waals surface area contributed by atoms with Gasteiger partial charge in [0.2, 0.25) is 35.4 Å². The van der Waals surface area contributed by atoms with E-state index in [-0.39, 0.29) is 31.7 Å². The Balaban J connectivity index is 1.82. The van der Waals surface area contributed by atoms with Gasteiger partial charge < -0.3 is 63.3 Å². The molecule has 1 saturated heterocycles. The van der Waals surface area contributed by atoms with E-state index in [4.69, 9.17) is 11.5 Å². The molecule has 0 aliphatic carbocycles. The SMILES string of the molecule is C[C@H](N)C(=O)N[C@H]1Cc2c([nH]c3ccccc23)SC[C@@H](C(=O)N2CC[C@H](O)[C@H]2C(=O)O)NC(=O)[C@@H]([C@@H](C)O)NC(=O)[C@H](C)NC(=O)[C@H](CN)NC1=O. The van der Waals surface area contributed by atoms with Crippen molar-refractivity contribution in [3.8, 4) is 0 Å². The second-order valence-electron chi connectivity index (χ2n) is 12.8. The molecule has 2 aliphatic heterocycles. The molecule has 0 saturated carbocycles. The van der Waals surface area contributed by atoms with Crippen molar-refractivity contribution < 1.29 is 48.9 Å². The number of aliphatic hydroxyl groups is 2. The fraction of sp³-hybridized carbons (Fsp3) is 0.531. The van der Waals surface area contributed by atoms with E-state index in [1.165, 1.54) is 20.8 Å². The minimum absolute atomic E-state index is 0.0275. The molecule has 1 fully saturated rings. The molecular formula is C32H45N9O10S. The number of aliphatic hydroxyl groups excluding tert-OH is 2. The van der Waals surface area contributed by atoms with Crippen LogP contribution in [-0.2, 0) is 40.0 Å². The number of nitrogens with zero attached hydrogens (tertiary/aromatic N) is 1. The molecule has 284 valence electrons. The fourth-order valence-electron chi connectivity index (χ4n) is 5.91. The maximum atomic E-state index is 14.0. The lowest BCUT2D eigenvalue weighted by Gasteiger charge is -2.30. The molecule has 9 atom stereocenters. The number of aliphatic carboxylic acids is 1. The quantitative estimate of drug-likeness (QED) is 0.134. The van der Waals surface area contributed by atoms with Crippen molar-refractivity contribution in [3.63, 3.8) is 0 Å². The second-order valence-corrected chi connectivity index (χ2v) is 13.9. The summed E-state index contributed by atoms with van der Waals surface area (Å²) in [7, 11) is 0. The first-order chi connectivity index (χ1) is 24.5. The lowest BCUT2D eigenvalue weighted by Crippen LogP contribution is -2.62. The third kappa shape index (κ3) is 9.17. The van der Waals surface area contributed by atoms with Gasteiger partial charge in [-0.2, -0.15) is 0 Å². The maximum Gasteiger partial charge on any atom is 0.329 e. The Morgan fingerprint density at radius 1 is 1.02 bits per heavy atom. The Kier molecular flexibility index (Phi) is 13.2. The van der Waals surface area contributed by atoms with Crippen LogP contribution < -0.4 is 38.1 Å². The Morgan fingerprint density at radius 2 is 1.71 bits per heavy atom. The van der Waals surface area contributed by atoms with Gasteiger partial charge in [-0.05, 0) is 38.8 Å². The lowest BCUT2D eigenvalue weighted by molar-refractivity contribution is -0.152. The monoisotopic (exact) mass is 747 g/mol. The first kappa shape index (κ1) is 40.0. The third-order valence-corrected chi connectivity index (χ3v) is 9.96. The van der Waals surface area contributed by atoms with Crippen molar-refractivity contribution >= 4 is 64.1 Å². The molecule has 0 unspecified atom stereocenters. The summed E-state index contributed by atoms with van der Waals surface area (Å²) in [5.41, 5.74) is 12.8. The van der Waals surface area contributed by atoms with Crippen molar-refractivity contribution in [2.24, 2.45) is 11.5 Å². The van der Waals surface area contributed by atoms with Crippen molar-refractivity contribution in [2.45, 2.75) is 93.1 Å². The summed E-state index contributed by atoms with van der Waals surface area (Å²) < 4.78 is 0. The number of aromatic nitrogens is 1. The number of hydrogen-bond acceptors (Lipinski definition) is 12. The summed E-state index contributed by atoms with van der Waals surface area (Å²) in [6.07, 6.45) is -3.04. The van der Waals surface area contributed by atoms with Crippen LogP contribution in [-0.4, -0.2) is 140 Å². The van der Waals surface area contributed by atoms with Gasteiger partial charge in [0.15, 0.2) is 6.04 Å². The molecule has 3 heterocycles. The number of likely N-dealkylation sites (tertiary alicyclic amines) is 1. The molecule has 0 radical (unpaired) electrons. The van der Waals surface area contributed by atoms with E-state index in [1.54, 1.807) is 24.3 Å². The van der Waals surface area contributed by atoms with Crippen LogP contribution in [0.3, 0.4) is 0 Å². The van der Waals surface area contributed by atoms with Crippen molar-refractivity contribution in [1.29, 1.82) is 0 Å². The van der Waals surface area contributed by atoms with Gasteiger partial charge in [-0.3, -0.25) is 28.8 Å². The number of aromatic amines is 1. The van der Waals surface area contributed by atoms with Crippen LogP contribution in [0.1, 0.15) is 32.8 Å². The van der Waals surface area contributed by atoms with Crippen LogP contribution in [0.2, 0.25) is 0 Å². The Labute approximate surface area is 302 Å². The van der Waals surface area contributed by atoms with E-state index in [0.717, 1.165) is 16.7 Å². The number of thioether (sulfide) groups is 1. The highest BCUT2D eigenvalue weighted by atomic mass is 32.2. The first-order valence-corrected chi connectivity index (χ1v) is 17.6. The third-order valence-electron chi connectivity index (χ3n) is 8.82. The molecule has 0 spiro atoms. The van der Waals surface area contributed by atoms with Gasteiger partial charge in [-0.15, -0.1) is 11.8 Å². The number of benzene rings is 1. The lowest BCUT2D eigenvalue weighted by atomic mass is 10.0. The maximum absolute atomic E-state index is 14.0. The van der Waals surface area contributed by atoms with Crippen LogP contribution in [0.5, 0.6) is 0 Å². The van der Waals surface area contributed by atoms with Crippen LogP contribution in [0, 0.1) is 0 Å². The molecule has 1 aromatic carbocycles. The Bertz CT molecular complexity index is 1700. The molecule has 20 heteroatoms. The van der Waals surface area contributed by atoms with E-state index in [9.17, 15) is 48.9 Å². The molecule has 0 bridgehead atoms. The molecule has 13 N–H and O–H groups in total. The number of nitrogens with one attached hydrogen (secondary N) is 6. The number of hydrogen-bond donors (Lipinski definition) is 11. The van der Waals surface area contributed by atoms with Gasteiger partial charge in [0.1, 0.15) is 30.2 Å². The van der Waals surface area contributed by atoms with Gasteiger partial charge in [0.25, 0.3) is 0 Å². The van der Waals surface area contributed by atoms with Crippen LogP contribution in [0.15, 0.2) is 29.3 Å². The molecule has 2 aliphatic rings. The molecule has 19 nitrogen and oxygen atoms in total. The first-order valence-electron chi connectivity index (χ1n) is 16.6. The van der Waals surface area contributed by atoms with Gasteiger partial charge in [-0.25, -0.2) is 4.79 Å². The van der Waals surface area contributed by atoms with E-state index < -0.39 is 95.9 Å². The van der Waals surface area contributed by atoms with Gasteiger partial charge in [0.05, 0.1) is 23.3 Å². The van der Waals surface area contributed by atoms with E-state index in [2.05, 4.69) is 31.6 Å². The number of rotatable bonds is 6. The van der Waals surface area contributed by atoms with E-state index in [1.807, 2.05) is 0 Å². The Hall–Kier alpha value is -4.76. The Morgan fingerprint density at radius 3 is 2.35 bits per heavy atom. The number of carbonyl (C=O) groups excluding carboxylic acids is 6. The molecule has 6 amide bonds. The number of amides is 6. The molecule has 4 rings (SSSR count). The average Bonchev–Trinajstić information content (AvgIpc) is 3.65. The number of fused-ring (bicyclic) bond motifs is 3. The van der Waals surface area contributed by atoms with E-state index >= 15 is 0 Å². The summed E-state index contributed by atoms with van der Waals surface area (Å²) >= 11 is 1.04. The van der Waals surface area contributed by atoms with Crippen LogP contribution in [0.4, 0.5) is 0 Å². The smallest absolute Gasteiger partial charge is 0.329 e. The summed E-state index contributed by atoms with van der Waals surface area (Å²) in [5.74, 6) is -6.74. The summed E-state index contributed by atoms with van der Waals surface area (Å²) in [6.45, 7) is 3.42. The van der Waals surface area contributed by atoms with Gasteiger partial charge in [0, 0.05) is 36.2 Å². The standard InChI is InChI=1S/C32H45N9O10S/c1-13(34)25(44)36-19-10-17-16-6-4-5-7-18(16)39-30(17)52-12-21(31(49)41-9-8-22(43)24(41)32(50)51)38-29(48)23(15(3)42)40-26(45)14(2)35-28(47)20(11-33)37-27(19)46/h4-7,13-15,19-24,39,42-43H,8-12,33-34H2,1-3H3,(H,35,47)(H,36,44)(H,37,46)(H,38,48)(H,40,45)(H,50,51)/t13-,14-,15+,19-,20-,21-,22-,23+,24-/m0/s1. The average molecular weight is 748 g/mol. The second kappa shape index (κ2) is 17.2. The number of nitrogens with two attached hydrogens (primary N) is 2. The minimum Gasteiger partial charge on any atom is -0.480 e. The fourth-order valence-corrected chi connectivity index (χ4v) is 7.02. The molecule has 2 aromatic rings. The predicted molar refractivity (Wildman–Crippen MR) is 186 cm³/mol. The van der Waals surface area contributed by atoms with E-state index in [0.29, 0.717) is 21.5 Å². The van der Waals surface area contributed by atoms with Crippen molar-refractivity contribution in [3.05, 3.63) is 29.8 Å². The number of H-pyrrole nitrogens is 1. The van der Waals surface area contributed by atoms with Crippen LogP contribution in [0.25, 0.3) is 10.9 Å². The van der Waals surface area contributed by atoms with Gasteiger partial charge >= 0.3 is 5.97 Å². The summed E-state index contributed by atoms with van der Waals surface area (Å²) in [6, 6.07) is -2.63. The highest BCUT2D eigenvalue weighted by Crippen LogP contribution is 2.32. The largest absolute Gasteiger partial charge is 0.480 e. The highest BCUT2D eigenvalue weighted by Gasteiger charge is 2.44. The highest BCUT2D eigenvalue weighted by molar-refractivity contribution is 7.99. The number of carboxylic acids is 1. The van der Waals surface area contributed by atoms with Crippen molar-refractivity contribution in [1.82, 2.24) is 36.5 Å².